The number of rotatable bonds is 13. The Hall–Kier alpha value is -2.54. The molecule has 2 atom stereocenters. The van der Waals surface area contributed by atoms with Gasteiger partial charge in [0.05, 0.1) is 7.18 Å². The van der Waals surface area contributed by atoms with E-state index in [4.69, 9.17) is 0 Å². The SMILES string of the molecule is C=C(F)OC(F)(F)C(C)(F)OC(F)(F)C(F)(F)CC(F)(F)F.C=C(F)OC(F)(F)C(F)(OC(F)(F)CF)C(F)(F)F.CF. The van der Waals surface area contributed by atoms with Crippen LogP contribution in [0.4, 0.5) is 96.6 Å². The molecule has 0 aliphatic heterocycles. The molecule has 0 aliphatic carbocycles. The number of halogens is 22. The highest BCUT2D eigenvalue weighted by molar-refractivity contribution is 4.90. The number of hydrogen-bond acceptors (Lipinski definition) is 4. The lowest BCUT2D eigenvalue weighted by Gasteiger charge is -2.34. The van der Waals surface area contributed by atoms with E-state index >= 15 is 0 Å². The molecular formula is C17H14F22O4. The molecule has 4 nitrogen and oxygen atoms in total. The molecule has 0 aromatic heterocycles. The van der Waals surface area contributed by atoms with Crippen LogP contribution >= 0.6 is 0 Å². The van der Waals surface area contributed by atoms with Gasteiger partial charge in [0.1, 0.15) is 6.42 Å². The van der Waals surface area contributed by atoms with Crippen molar-refractivity contribution in [2.24, 2.45) is 0 Å². The molecule has 43 heavy (non-hydrogen) atoms. The molecule has 0 rings (SSSR count). The molecule has 260 valence electrons. The fourth-order valence-electron chi connectivity index (χ4n) is 1.68. The number of ether oxygens (including phenoxy) is 4. The van der Waals surface area contributed by atoms with Gasteiger partial charge in [-0.15, -0.1) is 0 Å². The lowest BCUT2D eigenvalue weighted by atomic mass is 10.2. The van der Waals surface area contributed by atoms with Gasteiger partial charge >= 0.3 is 54.4 Å². The second-order valence-electron chi connectivity index (χ2n) is 6.95. The smallest absolute Gasteiger partial charge is 0.402 e. The number of hydrogen-bond donors (Lipinski definition) is 0. The fourth-order valence-corrected chi connectivity index (χ4v) is 1.68. The molecule has 0 N–H and O–H groups in total. The molecule has 0 saturated carbocycles. The van der Waals surface area contributed by atoms with Crippen LogP contribution in [-0.4, -0.2) is 68.3 Å². The molecular weight excluding hydrogens is 686 g/mol. The first-order valence-corrected chi connectivity index (χ1v) is 9.33. The van der Waals surface area contributed by atoms with Crippen molar-refractivity contribution in [2.45, 2.75) is 67.8 Å². The van der Waals surface area contributed by atoms with Crippen LogP contribution in [0.15, 0.2) is 25.2 Å². The summed E-state index contributed by atoms with van der Waals surface area (Å²) in [5.41, 5.74) is 0. The summed E-state index contributed by atoms with van der Waals surface area (Å²) in [5, 5.41) is 0. The summed E-state index contributed by atoms with van der Waals surface area (Å²) in [6.07, 6.45) is -39.8. The fraction of sp³-hybridized carbons (Fsp3) is 0.765. The van der Waals surface area contributed by atoms with E-state index in [-0.39, 0.29) is 0 Å². The van der Waals surface area contributed by atoms with Crippen molar-refractivity contribution in [3.8, 4) is 0 Å². The van der Waals surface area contributed by atoms with Crippen LogP contribution in [0.3, 0.4) is 0 Å². The molecule has 0 saturated heterocycles. The van der Waals surface area contributed by atoms with Crippen molar-refractivity contribution in [3.05, 3.63) is 25.2 Å². The van der Waals surface area contributed by atoms with Gasteiger partial charge in [-0.2, -0.15) is 83.4 Å². The maximum atomic E-state index is 13.3. The summed E-state index contributed by atoms with van der Waals surface area (Å²) in [4.78, 5) is 0. The van der Waals surface area contributed by atoms with Gasteiger partial charge in [-0.1, -0.05) is 0 Å². The van der Waals surface area contributed by atoms with Gasteiger partial charge in [0, 0.05) is 6.92 Å². The molecule has 2 unspecified atom stereocenters. The topological polar surface area (TPSA) is 36.9 Å². The molecule has 0 aromatic rings. The molecule has 0 spiro atoms. The van der Waals surface area contributed by atoms with Gasteiger partial charge < -0.3 is 9.47 Å². The van der Waals surface area contributed by atoms with Crippen molar-refractivity contribution in [3.63, 3.8) is 0 Å². The van der Waals surface area contributed by atoms with Crippen LogP contribution in [0.2, 0.25) is 0 Å². The molecule has 0 aliphatic rings. The minimum Gasteiger partial charge on any atom is -0.402 e. The quantitative estimate of drug-likeness (QED) is 0.142. The van der Waals surface area contributed by atoms with Gasteiger partial charge in [0.2, 0.25) is 0 Å². The predicted molar refractivity (Wildman–Crippen MR) is 92.7 cm³/mol. The van der Waals surface area contributed by atoms with Gasteiger partial charge in [-0.05, 0) is 13.2 Å². The minimum absolute atomic E-state index is 0.500. The van der Waals surface area contributed by atoms with Crippen LogP contribution in [0.25, 0.3) is 0 Å². The highest BCUT2D eigenvalue weighted by atomic mass is 19.4. The standard InChI is InChI=1S/C9H7F11O2.C7H4F10O2.CH3F/c1-4(10)21-8(17,18)5(2,11)22-9(19,20)6(12,13)3-7(14,15)16;1-3(9)18-7(16,17)5(12,6(13,14)15)19-4(10,11)2-8;1-2/h1,3H2,2H3;1-2H2;1H3. The molecule has 0 aromatic carbocycles. The third-order valence-corrected chi connectivity index (χ3v) is 3.35. The third-order valence-electron chi connectivity index (χ3n) is 3.35. The van der Waals surface area contributed by atoms with E-state index in [1.807, 2.05) is 6.58 Å². The van der Waals surface area contributed by atoms with Crippen LogP contribution < -0.4 is 0 Å². The van der Waals surface area contributed by atoms with Crippen LogP contribution in [-0.2, 0) is 18.9 Å². The molecule has 0 heterocycles. The average molecular weight is 700 g/mol. The van der Waals surface area contributed by atoms with E-state index < -0.39 is 86.5 Å². The molecule has 26 heteroatoms. The van der Waals surface area contributed by atoms with E-state index in [0.29, 0.717) is 7.18 Å². The molecule has 0 radical (unpaired) electrons. The summed E-state index contributed by atoms with van der Waals surface area (Å²) in [5.74, 6) is -17.7. The summed E-state index contributed by atoms with van der Waals surface area (Å²) in [6, 6.07) is -4.99. The Morgan fingerprint density at radius 2 is 0.930 bits per heavy atom. The Morgan fingerprint density at radius 1 is 0.581 bits per heavy atom. The van der Waals surface area contributed by atoms with E-state index in [2.05, 4.69) is 25.5 Å². The first-order valence-electron chi connectivity index (χ1n) is 9.33. The minimum atomic E-state index is -6.79. The summed E-state index contributed by atoms with van der Waals surface area (Å²) < 4.78 is 279. The van der Waals surface area contributed by atoms with Gasteiger partial charge in [-0.25, -0.2) is 8.78 Å². The normalized spacial score (nSPS) is 16.4. The van der Waals surface area contributed by atoms with Crippen LogP contribution in [0, 0.1) is 0 Å². The van der Waals surface area contributed by atoms with Crippen molar-refractivity contribution >= 4 is 0 Å². The Kier molecular flexibility index (Phi) is 15.1. The zero-order valence-electron chi connectivity index (χ0n) is 20.3. The Morgan fingerprint density at radius 3 is 1.21 bits per heavy atom. The first kappa shape index (κ1) is 44.9. The average Bonchev–Trinajstić information content (AvgIpc) is 2.70. The van der Waals surface area contributed by atoms with Crippen molar-refractivity contribution in [1.82, 2.24) is 0 Å². The summed E-state index contributed by atoms with van der Waals surface area (Å²) in [6.45, 7) is 0.388. The summed E-state index contributed by atoms with van der Waals surface area (Å²) >= 11 is 0. The van der Waals surface area contributed by atoms with E-state index in [1.54, 1.807) is 0 Å². The van der Waals surface area contributed by atoms with Gasteiger partial charge in [0.15, 0.2) is 6.67 Å². The first-order chi connectivity index (χ1) is 18.5. The highest BCUT2D eigenvalue weighted by Gasteiger charge is 2.78. The van der Waals surface area contributed by atoms with E-state index in [9.17, 15) is 96.6 Å². The zero-order valence-corrected chi connectivity index (χ0v) is 20.3. The Labute approximate surface area is 223 Å². The largest absolute Gasteiger partial charge is 0.471 e. The van der Waals surface area contributed by atoms with Crippen molar-refractivity contribution < 1.29 is 116 Å². The van der Waals surface area contributed by atoms with Crippen LogP contribution in [0.5, 0.6) is 0 Å². The van der Waals surface area contributed by atoms with Gasteiger partial charge in [0.25, 0.3) is 12.0 Å². The molecule has 0 bridgehead atoms. The van der Waals surface area contributed by atoms with Gasteiger partial charge in [-0.3, -0.25) is 13.9 Å². The Balaban J connectivity index is -0.000000710. The lowest BCUT2D eigenvalue weighted by Crippen LogP contribution is -2.61. The predicted octanol–water partition coefficient (Wildman–Crippen LogP) is 9.35. The summed E-state index contributed by atoms with van der Waals surface area (Å²) in [7, 11) is 0.500. The molecule has 0 amide bonds. The van der Waals surface area contributed by atoms with E-state index in [1.165, 1.54) is 0 Å². The van der Waals surface area contributed by atoms with Crippen molar-refractivity contribution in [2.75, 3.05) is 13.9 Å². The Bertz CT molecular complexity index is 895. The maximum Gasteiger partial charge on any atom is 0.471 e. The number of alkyl halides is 20. The third kappa shape index (κ3) is 13.3. The second-order valence-corrected chi connectivity index (χ2v) is 6.95. The van der Waals surface area contributed by atoms with Crippen LogP contribution in [0.1, 0.15) is 13.3 Å². The highest BCUT2D eigenvalue weighted by Crippen LogP contribution is 2.50. The second kappa shape index (κ2) is 14.5. The van der Waals surface area contributed by atoms with Crippen molar-refractivity contribution in [1.29, 1.82) is 0 Å². The molecule has 0 fully saturated rings. The lowest BCUT2D eigenvalue weighted by molar-refractivity contribution is -0.497. The maximum absolute atomic E-state index is 13.3. The zero-order chi connectivity index (χ0) is 35.9. The van der Waals surface area contributed by atoms with E-state index in [0.717, 1.165) is 0 Å². The monoisotopic (exact) mass is 700 g/mol.